The van der Waals surface area contributed by atoms with E-state index in [1.807, 2.05) is 18.2 Å². The molecule has 2 aromatic carbocycles. The van der Waals surface area contributed by atoms with Crippen LogP contribution in [0.2, 0.25) is 0 Å². The number of hydrogen-bond donors (Lipinski definition) is 1. The zero-order chi connectivity index (χ0) is 18.2. The second-order valence-electron chi connectivity index (χ2n) is 4.92. The van der Waals surface area contributed by atoms with E-state index in [9.17, 15) is 4.79 Å². The standard InChI is InChI=1S/C18H21NO5S/c1-21-14-7-5-12(9-16(14)23-3)19-18(20)11-25-13-6-8-15(22-2)17(10-13)24-4/h5-10H,11H2,1-4H3,(H,19,20). The highest BCUT2D eigenvalue weighted by Crippen LogP contribution is 2.32. The van der Waals surface area contributed by atoms with Crippen LogP contribution in [0.25, 0.3) is 0 Å². The maximum Gasteiger partial charge on any atom is 0.234 e. The molecule has 2 aromatic rings. The fourth-order valence-corrected chi connectivity index (χ4v) is 2.89. The molecule has 0 radical (unpaired) electrons. The molecular formula is C18H21NO5S. The Kier molecular flexibility index (Phi) is 6.82. The van der Waals surface area contributed by atoms with Crippen molar-refractivity contribution in [2.24, 2.45) is 0 Å². The minimum absolute atomic E-state index is 0.119. The number of carbonyl (C=O) groups excluding carboxylic acids is 1. The van der Waals surface area contributed by atoms with Gasteiger partial charge in [0.2, 0.25) is 5.91 Å². The first-order chi connectivity index (χ1) is 12.1. The van der Waals surface area contributed by atoms with Gasteiger partial charge in [0.1, 0.15) is 0 Å². The minimum atomic E-state index is -0.119. The van der Waals surface area contributed by atoms with Crippen LogP contribution in [0.5, 0.6) is 23.0 Å². The zero-order valence-corrected chi connectivity index (χ0v) is 15.4. The molecule has 0 spiro atoms. The largest absolute Gasteiger partial charge is 0.493 e. The summed E-state index contributed by atoms with van der Waals surface area (Å²) in [6.07, 6.45) is 0. The van der Waals surface area contributed by atoms with Crippen LogP contribution in [-0.4, -0.2) is 40.1 Å². The monoisotopic (exact) mass is 363 g/mol. The first-order valence-electron chi connectivity index (χ1n) is 7.48. The van der Waals surface area contributed by atoms with Crippen LogP contribution in [0, 0.1) is 0 Å². The van der Waals surface area contributed by atoms with E-state index in [4.69, 9.17) is 18.9 Å². The van der Waals surface area contributed by atoms with E-state index in [1.165, 1.54) is 11.8 Å². The Labute approximate surface area is 151 Å². The highest BCUT2D eigenvalue weighted by Gasteiger charge is 2.10. The minimum Gasteiger partial charge on any atom is -0.493 e. The Morgan fingerprint density at radius 3 is 2.00 bits per heavy atom. The number of rotatable bonds is 8. The summed E-state index contributed by atoms with van der Waals surface area (Å²) in [4.78, 5) is 13.1. The smallest absolute Gasteiger partial charge is 0.234 e. The maximum absolute atomic E-state index is 12.2. The van der Waals surface area contributed by atoms with Gasteiger partial charge in [-0.1, -0.05) is 0 Å². The van der Waals surface area contributed by atoms with Crippen LogP contribution < -0.4 is 24.3 Å². The summed E-state index contributed by atoms with van der Waals surface area (Å²) in [6.45, 7) is 0. The third-order valence-corrected chi connectivity index (χ3v) is 4.39. The Morgan fingerprint density at radius 2 is 1.40 bits per heavy atom. The van der Waals surface area contributed by atoms with Gasteiger partial charge in [-0.25, -0.2) is 0 Å². The summed E-state index contributed by atoms with van der Waals surface area (Å²) < 4.78 is 20.9. The average molecular weight is 363 g/mol. The van der Waals surface area contributed by atoms with Crippen molar-refractivity contribution in [3.05, 3.63) is 36.4 Å². The highest BCUT2D eigenvalue weighted by molar-refractivity contribution is 8.00. The molecule has 6 nitrogen and oxygen atoms in total. The third-order valence-electron chi connectivity index (χ3n) is 3.39. The quantitative estimate of drug-likeness (QED) is 0.725. The van der Waals surface area contributed by atoms with E-state index in [2.05, 4.69) is 5.32 Å². The lowest BCUT2D eigenvalue weighted by atomic mass is 10.2. The second-order valence-corrected chi connectivity index (χ2v) is 5.97. The maximum atomic E-state index is 12.2. The lowest BCUT2D eigenvalue weighted by molar-refractivity contribution is -0.113. The summed E-state index contributed by atoms with van der Waals surface area (Å²) in [5.41, 5.74) is 0.649. The molecule has 7 heteroatoms. The molecule has 0 aliphatic carbocycles. The average Bonchev–Trinajstić information content (AvgIpc) is 2.65. The molecule has 1 N–H and O–H groups in total. The van der Waals surface area contributed by atoms with Crippen molar-refractivity contribution in [1.29, 1.82) is 0 Å². The van der Waals surface area contributed by atoms with Crippen LogP contribution >= 0.6 is 11.8 Å². The summed E-state index contributed by atoms with van der Waals surface area (Å²) in [5.74, 6) is 2.61. The van der Waals surface area contributed by atoms with Crippen LogP contribution in [0.1, 0.15) is 0 Å². The van der Waals surface area contributed by atoms with E-state index in [1.54, 1.807) is 46.6 Å². The van der Waals surface area contributed by atoms with E-state index >= 15 is 0 Å². The Bertz CT molecular complexity index is 735. The first-order valence-corrected chi connectivity index (χ1v) is 8.46. The van der Waals surface area contributed by atoms with Crippen LogP contribution in [0.3, 0.4) is 0 Å². The van der Waals surface area contributed by atoms with Crippen molar-refractivity contribution in [3.63, 3.8) is 0 Å². The number of methoxy groups -OCH3 is 4. The van der Waals surface area contributed by atoms with Gasteiger partial charge in [-0.3, -0.25) is 4.79 Å². The van der Waals surface area contributed by atoms with Crippen molar-refractivity contribution in [1.82, 2.24) is 0 Å². The molecule has 134 valence electrons. The fraction of sp³-hybridized carbons (Fsp3) is 0.278. The highest BCUT2D eigenvalue weighted by atomic mass is 32.2. The first kappa shape index (κ1) is 18.8. The number of anilines is 1. The lowest BCUT2D eigenvalue weighted by Gasteiger charge is -2.11. The van der Waals surface area contributed by atoms with Gasteiger partial charge in [-0.05, 0) is 30.3 Å². The van der Waals surface area contributed by atoms with Gasteiger partial charge in [0.05, 0.1) is 34.2 Å². The number of amides is 1. The number of nitrogens with one attached hydrogen (secondary N) is 1. The third kappa shape index (κ3) is 4.96. The number of carbonyl (C=O) groups is 1. The zero-order valence-electron chi connectivity index (χ0n) is 14.6. The topological polar surface area (TPSA) is 66.0 Å². The van der Waals surface area contributed by atoms with Crippen LogP contribution in [0.4, 0.5) is 5.69 Å². The van der Waals surface area contributed by atoms with Crippen molar-refractivity contribution in [2.45, 2.75) is 4.90 Å². The number of thioether (sulfide) groups is 1. The van der Waals surface area contributed by atoms with Gasteiger partial charge < -0.3 is 24.3 Å². The van der Waals surface area contributed by atoms with Gasteiger partial charge in [0, 0.05) is 16.6 Å². The van der Waals surface area contributed by atoms with Gasteiger partial charge in [-0.15, -0.1) is 11.8 Å². The second kappa shape index (κ2) is 9.08. The molecule has 0 unspecified atom stereocenters. The fourth-order valence-electron chi connectivity index (χ4n) is 2.17. The molecular weight excluding hydrogens is 342 g/mol. The molecule has 0 fully saturated rings. The normalized spacial score (nSPS) is 10.1. The summed E-state index contributed by atoms with van der Waals surface area (Å²) in [6, 6.07) is 10.8. The van der Waals surface area contributed by atoms with Gasteiger partial charge in [-0.2, -0.15) is 0 Å². The Hall–Kier alpha value is -2.54. The Balaban J connectivity index is 1.97. The number of ether oxygens (including phenoxy) is 4. The predicted molar refractivity (Wildman–Crippen MR) is 98.4 cm³/mol. The molecule has 0 heterocycles. The molecule has 0 saturated carbocycles. The molecule has 2 rings (SSSR count). The lowest BCUT2D eigenvalue weighted by Crippen LogP contribution is -2.14. The van der Waals surface area contributed by atoms with Gasteiger partial charge >= 0.3 is 0 Å². The van der Waals surface area contributed by atoms with Gasteiger partial charge in [0.15, 0.2) is 23.0 Å². The van der Waals surface area contributed by atoms with Crippen molar-refractivity contribution < 1.29 is 23.7 Å². The predicted octanol–water partition coefficient (Wildman–Crippen LogP) is 3.45. The molecule has 0 saturated heterocycles. The number of benzene rings is 2. The van der Waals surface area contributed by atoms with E-state index < -0.39 is 0 Å². The molecule has 0 atom stereocenters. The number of hydrogen-bond acceptors (Lipinski definition) is 6. The van der Waals surface area contributed by atoms with Crippen LogP contribution in [0.15, 0.2) is 41.3 Å². The summed E-state index contributed by atoms with van der Waals surface area (Å²) in [7, 11) is 6.28. The molecule has 1 amide bonds. The molecule has 0 aliphatic rings. The van der Waals surface area contributed by atoms with E-state index in [0.717, 1.165) is 4.90 Å². The van der Waals surface area contributed by atoms with Gasteiger partial charge in [0.25, 0.3) is 0 Å². The van der Waals surface area contributed by atoms with Crippen molar-refractivity contribution in [2.75, 3.05) is 39.5 Å². The molecule has 0 bridgehead atoms. The van der Waals surface area contributed by atoms with E-state index in [0.29, 0.717) is 28.7 Å². The van der Waals surface area contributed by atoms with E-state index in [-0.39, 0.29) is 11.7 Å². The van der Waals surface area contributed by atoms with Crippen molar-refractivity contribution in [3.8, 4) is 23.0 Å². The Morgan fingerprint density at radius 1 is 0.840 bits per heavy atom. The summed E-state index contributed by atoms with van der Waals surface area (Å²) >= 11 is 1.41. The summed E-state index contributed by atoms with van der Waals surface area (Å²) in [5, 5.41) is 2.84. The van der Waals surface area contributed by atoms with Crippen LogP contribution in [-0.2, 0) is 4.79 Å². The SMILES string of the molecule is COc1ccc(NC(=O)CSc2ccc(OC)c(OC)c2)cc1OC. The van der Waals surface area contributed by atoms with Crippen molar-refractivity contribution >= 4 is 23.4 Å². The molecule has 0 aliphatic heterocycles. The molecule has 25 heavy (non-hydrogen) atoms. The molecule has 0 aromatic heterocycles.